The maximum atomic E-state index is 6.20. The van der Waals surface area contributed by atoms with Crippen LogP contribution in [0.3, 0.4) is 0 Å². The monoisotopic (exact) mass is 386 g/mol. The standard InChI is InChI=1S/C13H4Cl6O/c14-6-2-8(16)12-4(10(6)18)1-5-11(19)7(15)3-9(17)13(5)20-12/h2-3H,1H2. The van der Waals surface area contributed by atoms with Gasteiger partial charge in [0.1, 0.15) is 0 Å². The Labute approximate surface area is 145 Å². The van der Waals surface area contributed by atoms with Crippen LogP contribution < -0.4 is 4.74 Å². The molecule has 3 rings (SSSR count). The molecule has 0 bridgehead atoms. The Balaban J connectivity index is 2.27. The maximum absolute atomic E-state index is 6.20. The third-order valence-electron chi connectivity index (χ3n) is 3.00. The summed E-state index contributed by atoms with van der Waals surface area (Å²) in [5, 5.41) is 2.19. The topological polar surface area (TPSA) is 9.23 Å². The molecule has 0 radical (unpaired) electrons. The third kappa shape index (κ3) is 2.25. The molecule has 2 aromatic rings. The van der Waals surface area contributed by atoms with E-state index in [0.29, 0.717) is 59.2 Å². The second-order valence-corrected chi connectivity index (χ2v) is 6.59. The fourth-order valence-electron chi connectivity index (χ4n) is 2.07. The van der Waals surface area contributed by atoms with Crippen molar-refractivity contribution in [1.29, 1.82) is 0 Å². The van der Waals surface area contributed by atoms with E-state index < -0.39 is 0 Å². The predicted molar refractivity (Wildman–Crippen MR) is 85.8 cm³/mol. The van der Waals surface area contributed by atoms with Crippen molar-refractivity contribution in [2.75, 3.05) is 0 Å². The minimum Gasteiger partial charge on any atom is -0.454 e. The van der Waals surface area contributed by atoms with Crippen molar-refractivity contribution in [1.82, 2.24) is 0 Å². The summed E-state index contributed by atoms with van der Waals surface area (Å²) in [6.45, 7) is 0. The first-order chi connectivity index (χ1) is 9.40. The van der Waals surface area contributed by atoms with Gasteiger partial charge >= 0.3 is 0 Å². The van der Waals surface area contributed by atoms with Crippen LogP contribution in [-0.4, -0.2) is 0 Å². The smallest absolute Gasteiger partial charge is 0.151 e. The number of fused-ring (bicyclic) bond motifs is 2. The SMILES string of the molecule is Clc1cc(Cl)c2c(c1Cl)Cc1c(Cl)c(Cl)cc(Cl)c1O2. The largest absolute Gasteiger partial charge is 0.454 e. The van der Waals surface area contributed by atoms with E-state index in [-0.39, 0.29) is 0 Å². The average molecular weight is 389 g/mol. The van der Waals surface area contributed by atoms with Gasteiger partial charge in [-0.25, -0.2) is 0 Å². The molecule has 0 amide bonds. The Morgan fingerprint density at radius 3 is 1.45 bits per heavy atom. The average Bonchev–Trinajstić information content (AvgIpc) is 2.41. The minimum atomic E-state index is 0.353. The maximum Gasteiger partial charge on any atom is 0.151 e. The van der Waals surface area contributed by atoms with Gasteiger partial charge in [0.25, 0.3) is 0 Å². The van der Waals surface area contributed by atoms with Gasteiger partial charge in [-0.15, -0.1) is 0 Å². The molecular formula is C13H4Cl6O. The number of benzene rings is 2. The second-order valence-electron chi connectivity index (χ2n) is 4.20. The molecule has 1 aliphatic heterocycles. The van der Waals surface area contributed by atoms with Gasteiger partial charge in [-0.1, -0.05) is 69.6 Å². The molecule has 0 saturated heterocycles. The van der Waals surface area contributed by atoms with E-state index in [1.807, 2.05) is 0 Å². The number of rotatable bonds is 0. The van der Waals surface area contributed by atoms with Crippen molar-refractivity contribution in [3.63, 3.8) is 0 Å². The molecule has 0 saturated carbocycles. The van der Waals surface area contributed by atoms with Gasteiger partial charge in [-0.05, 0) is 12.1 Å². The number of hydrogen-bond donors (Lipinski definition) is 0. The van der Waals surface area contributed by atoms with Crippen LogP contribution in [0.4, 0.5) is 0 Å². The second kappa shape index (κ2) is 5.31. The van der Waals surface area contributed by atoms with Gasteiger partial charge in [-0.2, -0.15) is 0 Å². The van der Waals surface area contributed by atoms with Gasteiger partial charge in [0.05, 0.1) is 30.1 Å². The lowest BCUT2D eigenvalue weighted by molar-refractivity contribution is 0.461. The lowest BCUT2D eigenvalue weighted by atomic mass is 10.00. The Morgan fingerprint density at radius 1 is 0.650 bits per heavy atom. The molecular weight excluding hydrogens is 385 g/mol. The van der Waals surface area contributed by atoms with Crippen LogP contribution in [0.1, 0.15) is 11.1 Å². The lowest BCUT2D eigenvalue weighted by Gasteiger charge is -2.24. The van der Waals surface area contributed by atoms with Gasteiger partial charge in [0, 0.05) is 17.5 Å². The van der Waals surface area contributed by atoms with Crippen molar-refractivity contribution in [3.8, 4) is 11.5 Å². The summed E-state index contributed by atoms with van der Waals surface area (Å²) in [4.78, 5) is 0. The zero-order valence-electron chi connectivity index (χ0n) is 9.54. The summed E-state index contributed by atoms with van der Waals surface area (Å²) < 4.78 is 5.76. The fourth-order valence-corrected chi connectivity index (χ4v) is 3.57. The fraction of sp³-hybridized carbons (Fsp3) is 0.0769. The van der Waals surface area contributed by atoms with Gasteiger partial charge < -0.3 is 4.74 Å². The van der Waals surface area contributed by atoms with Crippen LogP contribution in [-0.2, 0) is 6.42 Å². The van der Waals surface area contributed by atoms with Gasteiger partial charge in [-0.3, -0.25) is 0 Å². The van der Waals surface area contributed by atoms with E-state index in [9.17, 15) is 0 Å². The van der Waals surface area contributed by atoms with Crippen LogP contribution in [0.15, 0.2) is 12.1 Å². The van der Waals surface area contributed by atoms with Gasteiger partial charge in [0.2, 0.25) is 0 Å². The summed E-state index contributed by atoms with van der Waals surface area (Å²) in [7, 11) is 0. The van der Waals surface area contributed by atoms with E-state index in [1.54, 1.807) is 0 Å². The Bertz CT molecular complexity index is 679. The van der Waals surface area contributed by atoms with E-state index in [0.717, 1.165) is 0 Å². The molecule has 20 heavy (non-hydrogen) atoms. The highest BCUT2D eigenvalue weighted by molar-refractivity contribution is 6.45. The van der Waals surface area contributed by atoms with E-state index in [4.69, 9.17) is 74.3 Å². The number of ether oxygens (including phenoxy) is 1. The Hall–Kier alpha value is -0.0200. The van der Waals surface area contributed by atoms with Crippen molar-refractivity contribution in [3.05, 3.63) is 53.4 Å². The number of halogens is 6. The molecule has 0 atom stereocenters. The normalized spacial score (nSPS) is 12.7. The van der Waals surface area contributed by atoms with Crippen LogP contribution in [0.2, 0.25) is 30.1 Å². The summed E-state index contributed by atoms with van der Waals surface area (Å²) in [5.74, 6) is 0.878. The molecule has 0 aromatic heterocycles. The molecule has 0 aliphatic carbocycles. The van der Waals surface area contributed by atoms with Crippen LogP contribution >= 0.6 is 69.6 Å². The molecule has 7 heteroatoms. The van der Waals surface area contributed by atoms with Crippen molar-refractivity contribution < 1.29 is 4.74 Å². The highest BCUT2D eigenvalue weighted by Gasteiger charge is 2.28. The minimum absolute atomic E-state index is 0.353. The van der Waals surface area contributed by atoms with Crippen molar-refractivity contribution in [2.45, 2.75) is 6.42 Å². The summed E-state index contributed by atoms with van der Waals surface area (Å²) in [5.41, 5.74) is 1.33. The first kappa shape index (κ1) is 14.9. The quantitative estimate of drug-likeness (QED) is 0.367. The number of hydrogen-bond acceptors (Lipinski definition) is 1. The van der Waals surface area contributed by atoms with Crippen molar-refractivity contribution >= 4 is 69.6 Å². The molecule has 2 aromatic carbocycles. The van der Waals surface area contributed by atoms with Crippen LogP contribution in [0, 0.1) is 0 Å². The van der Waals surface area contributed by atoms with E-state index >= 15 is 0 Å². The molecule has 1 nitrogen and oxygen atoms in total. The van der Waals surface area contributed by atoms with Gasteiger partial charge in [0.15, 0.2) is 11.5 Å². The zero-order chi connectivity index (χ0) is 14.6. The molecule has 104 valence electrons. The summed E-state index contributed by atoms with van der Waals surface area (Å²) >= 11 is 36.7. The molecule has 0 unspecified atom stereocenters. The molecule has 1 heterocycles. The summed E-state index contributed by atoms with van der Waals surface area (Å²) in [6, 6.07) is 3.06. The van der Waals surface area contributed by atoms with Crippen LogP contribution in [0.25, 0.3) is 0 Å². The van der Waals surface area contributed by atoms with Crippen LogP contribution in [0.5, 0.6) is 11.5 Å². The lowest BCUT2D eigenvalue weighted by Crippen LogP contribution is -2.06. The Kier molecular flexibility index (Phi) is 3.96. The third-order valence-corrected chi connectivity index (χ3v) is 5.21. The molecule has 0 fully saturated rings. The first-order valence-corrected chi connectivity index (χ1v) is 7.67. The molecule has 0 spiro atoms. The highest BCUT2D eigenvalue weighted by atomic mass is 35.5. The Morgan fingerprint density at radius 2 is 1.05 bits per heavy atom. The highest BCUT2D eigenvalue weighted by Crippen LogP contribution is 2.51. The summed E-state index contributed by atoms with van der Waals surface area (Å²) in [6.07, 6.45) is 0.392. The predicted octanol–water partition coefficient (Wildman–Crippen LogP) is 7.30. The molecule has 0 N–H and O–H groups in total. The zero-order valence-corrected chi connectivity index (χ0v) is 14.1. The van der Waals surface area contributed by atoms with E-state index in [2.05, 4.69) is 0 Å². The first-order valence-electron chi connectivity index (χ1n) is 5.40. The molecule has 1 aliphatic rings. The van der Waals surface area contributed by atoms with Crippen molar-refractivity contribution in [2.24, 2.45) is 0 Å². The van der Waals surface area contributed by atoms with E-state index in [1.165, 1.54) is 12.1 Å².